The molecule has 2 aromatic carbocycles. The number of benzene rings is 2. The fourth-order valence-corrected chi connectivity index (χ4v) is 3.83. The molecule has 0 unspecified atom stereocenters. The maximum atomic E-state index is 12.5. The Morgan fingerprint density at radius 3 is 2.46 bits per heavy atom. The van der Waals surface area contributed by atoms with Crippen LogP contribution < -0.4 is 14.8 Å². The highest BCUT2D eigenvalue weighted by molar-refractivity contribution is 7.89. The number of sulfonamides is 1. The lowest BCUT2D eigenvalue weighted by atomic mass is 10.2. The Bertz CT molecular complexity index is 932. The normalized spacial score (nSPS) is 12.5. The molecule has 0 aromatic heterocycles. The molecule has 0 aliphatic heterocycles. The number of halogens is 2. The zero-order valence-electron chi connectivity index (χ0n) is 14.3. The quantitative estimate of drug-likeness (QED) is 0.752. The largest absolute Gasteiger partial charge is 0.496 e. The Labute approximate surface area is 162 Å². The minimum absolute atomic E-state index is 0.0382. The second kappa shape index (κ2) is 8.26. The van der Waals surface area contributed by atoms with Crippen LogP contribution in [-0.2, 0) is 14.8 Å². The molecule has 0 aliphatic carbocycles. The molecule has 0 spiro atoms. The lowest BCUT2D eigenvalue weighted by Crippen LogP contribution is -2.41. The summed E-state index contributed by atoms with van der Waals surface area (Å²) in [6.45, 7) is 3.16. The number of amides is 1. The van der Waals surface area contributed by atoms with Crippen molar-refractivity contribution in [1.29, 1.82) is 0 Å². The van der Waals surface area contributed by atoms with Gasteiger partial charge < -0.3 is 10.1 Å². The van der Waals surface area contributed by atoms with E-state index in [9.17, 15) is 13.2 Å². The molecule has 1 amide bonds. The van der Waals surface area contributed by atoms with E-state index in [1.807, 2.05) is 0 Å². The smallest absolute Gasteiger partial charge is 0.242 e. The van der Waals surface area contributed by atoms with Crippen LogP contribution in [0.15, 0.2) is 41.3 Å². The molecule has 2 rings (SSSR count). The number of methoxy groups -OCH3 is 1. The first-order valence-electron chi connectivity index (χ1n) is 7.57. The number of anilines is 1. The zero-order valence-corrected chi connectivity index (χ0v) is 16.7. The van der Waals surface area contributed by atoms with Crippen LogP contribution in [0.3, 0.4) is 0 Å². The number of carbonyl (C=O) groups excluding carboxylic acids is 1. The fourth-order valence-electron chi connectivity index (χ4n) is 2.21. The molecule has 9 heteroatoms. The molecule has 0 heterocycles. The van der Waals surface area contributed by atoms with Crippen LogP contribution in [0.25, 0.3) is 0 Å². The molecular weight excluding hydrogens is 399 g/mol. The second-order valence-corrected chi connectivity index (χ2v) is 8.15. The van der Waals surface area contributed by atoms with Gasteiger partial charge in [0.2, 0.25) is 15.9 Å². The van der Waals surface area contributed by atoms with E-state index in [1.54, 1.807) is 19.1 Å². The van der Waals surface area contributed by atoms with Crippen LogP contribution in [0, 0.1) is 6.92 Å². The third-order valence-electron chi connectivity index (χ3n) is 3.59. The van der Waals surface area contributed by atoms with Gasteiger partial charge in [-0.25, -0.2) is 8.42 Å². The topological polar surface area (TPSA) is 84.5 Å². The Balaban J connectivity index is 2.14. The van der Waals surface area contributed by atoms with Crippen molar-refractivity contribution in [2.75, 3.05) is 12.4 Å². The second-order valence-electron chi connectivity index (χ2n) is 5.59. The molecule has 0 aliphatic rings. The van der Waals surface area contributed by atoms with Gasteiger partial charge in [0.15, 0.2) is 0 Å². The van der Waals surface area contributed by atoms with Crippen molar-refractivity contribution in [2.45, 2.75) is 24.8 Å². The summed E-state index contributed by atoms with van der Waals surface area (Å²) in [5.74, 6) is 0.00770. The number of nitrogens with one attached hydrogen (secondary N) is 2. The standard InChI is InChI=1S/C17H18Cl2N2O4S/c1-10-8-13(5-7-16(10)25-3)26(23,24)21-11(2)17(22)20-15-9-12(18)4-6-14(15)19/h4-9,11,21H,1-3H3,(H,20,22)/t11-/m0/s1. The zero-order chi connectivity index (χ0) is 19.5. The third kappa shape index (κ3) is 4.88. The van der Waals surface area contributed by atoms with E-state index >= 15 is 0 Å². The molecule has 140 valence electrons. The Kier molecular flexibility index (Phi) is 6.52. The van der Waals surface area contributed by atoms with E-state index in [1.165, 1.54) is 38.3 Å². The molecule has 2 aromatic rings. The maximum Gasteiger partial charge on any atom is 0.242 e. The summed E-state index contributed by atoms with van der Waals surface area (Å²) in [5.41, 5.74) is 0.966. The minimum atomic E-state index is -3.89. The van der Waals surface area contributed by atoms with E-state index in [0.29, 0.717) is 27.0 Å². The van der Waals surface area contributed by atoms with Gasteiger partial charge in [0.05, 0.1) is 28.8 Å². The summed E-state index contributed by atoms with van der Waals surface area (Å²) in [6, 6.07) is 8.01. The molecule has 0 saturated carbocycles. The van der Waals surface area contributed by atoms with Crippen LogP contribution in [0.5, 0.6) is 5.75 Å². The van der Waals surface area contributed by atoms with Gasteiger partial charge >= 0.3 is 0 Å². The van der Waals surface area contributed by atoms with Crippen LogP contribution in [0.4, 0.5) is 5.69 Å². The number of carbonyl (C=O) groups is 1. The fraction of sp³-hybridized carbons (Fsp3) is 0.235. The number of hydrogen-bond acceptors (Lipinski definition) is 4. The van der Waals surface area contributed by atoms with Crippen molar-refractivity contribution in [2.24, 2.45) is 0 Å². The van der Waals surface area contributed by atoms with Crippen molar-refractivity contribution >= 4 is 44.8 Å². The number of aryl methyl sites for hydroxylation is 1. The van der Waals surface area contributed by atoms with Crippen LogP contribution >= 0.6 is 23.2 Å². The van der Waals surface area contributed by atoms with Crippen LogP contribution in [-0.4, -0.2) is 27.5 Å². The van der Waals surface area contributed by atoms with Gasteiger partial charge in [-0.2, -0.15) is 4.72 Å². The first kappa shape index (κ1) is 20.5. The highest BCUT2D eigenvalue weighted by atomic mass is 35.5. The Hall–Kier alpha value is -1.80. The van der Waals surface area contributed by atoms with E-state index < -0.39 is 22.0 Å². The average molecular weight is 417 g/mol. The van der Waals surface area contributed by atoms with Gasteiger partial charge in [-0.1, -0.05) is 23.2 Å². The third-order valence-corrected chi connectivity index (χ3v) is 5.69. The molecule has 0 saturated heterocycles. The van der Waals surface area contributed by atoms with Crippen molar-refractivity contribution in [3.05, 3.63) is 52.0 Å². The number of hydrogen-bond donors (Lipinski definition) is 2. The van der Waals surface area contributed by atoms with Crippen molar-refractivity contribution in [1.82, 2.24) is 4.72 Å². The van der Waals surface area contributed by atoms with Gasteiger partial charge in [-0.05, 0) is 55.8 Å². The van der Waals surface area contributed by atoms with E-state index in [4.69, 9.17) is 27.9 Å². The van der Waals surface area contributed by atoms with Crippen LogP contribution in [0.2, 0.25) is 10.0 Å². The van der Waals surface area contributed by atoms with Gasteiger partial charge in [0.25, 0.3) is 0 Å². The van der Waals surface area contributed by atoms with E-state index in [2.05, 4.69) is 10.0 Å². The van der Waals surface area contributed by atoms with Crippen molar-refractivity contribution in [3.63, 3.8) is 0 Å². The molecule has 6 nitrogen and oxygen atoms in total. The summed E-state index contributed by atoms with van der Waals surface area (Å²) in [4.78, 5) is 12.3. The Morgan fingerprint density at radius 2 is 1.85 bits per heavy atom. The highest BCUT2D eigenvalue weighted by Gasteiger charge is 2.23. The molecule has 0 bridgehead atoms. The van der Waals surface area contributed by atoms with Gasteiger partial charge in [0.1, 0.15) is 5.75 Å². The van der Waals surface area contributed by atoms with Gasteiger partial charge in [-0.15, -0.1) is 0 Å². The van der Waals surface area contributed by atoms with E-state index in [0.717, 1.165) is 0 Å². The minimum Gasteiger partial charge on any atom is -0.496 e. The summed E-state index contributed by atoms with van der Waals surface area (Å²) in [5, 5.41) is 3.24. The first-order chi connectivity index (χ1) is 12.1. The van der Waals surface area contributed by atoms with Crippen molar-refractivity contribution < 1.29 is 17.9 Å². The lowest BCUT2D eigenvalue weighted by molar-refractivity contribution is -0.117. The molecule has 26 heavy (non-hydrogen) atoms. The number of ether oxygens (including phenoxy) is 1. The first-order valence-corrected chi connectivity index (χ1v) is 9.81. The van der Waals surface area contributed by atoms with E-state index in [-0.39, 0.29) is 4.90 Å². The predicted molar refractivity (Wildman–Crippen MR) is 103 cm³/mol. The summed E-state index contributed by atoms with van der Waals surface area (Å²) in [7, 11) is -2.39. The predicted octanol–water partition coefficient (Wildman–Crippen LogP) is 3.62. The maximum absolute atomic E-state index is 12.5. The summed E-state index contributed by atoms with van der Waals surface area (Å²) >= 11 is 11.9. The highest BCUT2D eigenvalue weighted by Crippen LogP contribution is 2.26. The SMILES string of the molecule is COc1ccc(S(=O)(=O)N[C@@H](C)C(=O)Nc2cc(Cl)ccc2Cl)cc1C. The van der Waals surface area contributed by atoms with Gasteiger partial charge in [0, 0.05) is 5.02 Å². The lowest BCUT2D eigenvalue weighted by Gasteiger charge is -2.16. The monoisotopic (exact) mass is 416 g/mol. The average Bonchev–Trinajstić information content (AvgIpc) is 2.57. The number of rotatable bonds is 6. The van der Waals surface area contributed by atoms with Gasteiger partial charge in [-0.3, -0.25) is 4.79 Å². The Morgan fingerprint density at radius 1 is 1.15 bits per heavy atom. The molecule has 2 N–H and O–H groups in total. The summed E-state index contributed by atoms with van der Waals surface area (Å²) < 4.78 is 32.4. The molecular formula is C17H18Cl2N2O4S. The molecule has 1 atom stereocenters. The molecule has 0 fully saturated rings. The molecule has 0 radical (unpaired) electrons. The van der Waals surface area contributed by atoms with Crippen molar-refractivity contribution in [3.8, 4) is 5.75 Å². The van der Waals surface area contributed by atoms with Crippen LogP contribution in [0.1, 0.15) is 12.5 Å². The summed E-state index contributed by atoms with van der Waals surface area (Å²) in [6.07, 6.45) is 0.